The van der Waals surface area contributed by atoms with Crippen molar-refractivity contribution in [2.24, 2.45) is 0 Å². The number of amides is 2. The summed E-state index contributed by atoms with van der Waals surface area (Å²) in [6, 6.07) is 14.3. The molecule has 6 heteroatoms. The molecule has 2 aromatic rings. The number of rotatable bonds is 6. The number of hydrogen-bond donors (Lipinski definition) is 2. The number of carboxylic acids is 1. The van der Waals surface area contributed by atoms with Crippen LogP contribution in [-0.2, 0) is 22.4 Å². The number of nitrogens with one attached hydrogen (secondary N) is 1. The van der Waals surface area contributed by atoms with Crippen molar-refractivity contribution in [3.63, 3.8) is 0 Å². The summed E-state index contributed by atoms with van der Waals surface area (Å²) in [6.07, 6.45) is 1.64. The van der Waals surface area contributed by atoms with Crippen molar-refractivity contribution in [1.82, 2.24) is 5.32 Å². The summed E-state index contributed by atoms with van der Waals surface area (Å²) in [5.41, 5.74) is 2.94. The van der Waals surface area contributed by atoms with Crippen molar-refractivity contribution in [2.45, 2.75) is 19.3 Å². The van der Waals surface area contributed by atoms with Crippen molar-refractivity contribution >= 4 is 23.5 Å². The van der Waals surface area contributed by atoms with Gasteiger partial charge in [0, 0.05) is 18.7 Å². The molecule has 2 N–H and O–H groups in total. The quantitative estimate of drug-likeness (QED) is 0.833. The number of carbonyl (C=O) groups excluding carboxylic acids is 2. The van der Waals surface area contributed by atoms with E-state index in [1.165, 1.54) is 11.0 Å². The van der Waals surface area contributed by atoms with E-state index in [-0.39, 0.29) is 23.9 Å². The van der Waals surface area contributed by atoms with Gasteiger partial charge in [0.05, 0.1) is 5.56 Å². The lowest BCUT2D eigenvalue weighted by Gasteiger charge is -2.28. The van der Waals surface area contributed by atoms with Crippen LogP contribution in [0.3, 0.4) is 0 Å². The Labute approximate surface area is 151 Å². The third-order valence-electron chi connectivity index (χ3n) is 4.40. The van der Waals surface area contributed by atoms with Gasteiger partial charge >= 0.3 is 5.97 Å². The fourth-order valence-corrected chi connectivity index (χ4v) is 3.08. The van der Waals surface area contributed by atoms with Gasteiger partial charge < -0.3 is 15.3 Å². The number of nitrogens with zero attached hydrogens (tertiary/aromatic N) is 1. The normalized spacial score (nSPS) is 13.2. The molecular formula is C20H20N2O4. The Kier molecular flexibility index (Phi) is 5.31. The minimum absolute atomic E-state index is 0.00892. The first-order valence-electron chi connectivity index (χ1n) is 8.52. The molecular weight excluding hydrogens is 332 g/mol. The molecule has 1 aliphatic rings. The SMILES string of the molecule is O=C(CN1C(=O)CCc2ccccc21)NCCc1cccc(C(=O)O)c1. The van der Waals surface area contributed by atoms with Crippen molar-refractivity contribution in [3.8, 4) is 0 Å². The number of aromatic carboxylic acids is 1. The molecule has 2 aromatic carbocycles. The number of anilines is 1. The molecule has 0 spiro atoms. The Morgan fingerprint density at radius 1 is 1.08 bits per heavy atom. The summed E-state index contributed by atoms with van der Waals surface area (Å²) in [5.74, 6) is -1.25. The molecule has 0 bridgehead atoms. The first kappa shape index (κ1) is 17.7. The van der Waals surface area contributed by atoms with E-state index in [0.29, 0.717) is 25.8 Å². The van der Waals surface area contributed by atoms with Crippen LogP contribution < -0.4 is 10.2 Å². The van der Waals surface area contributed by atoms with Gasteiger partial charge in [0.1, 0.15) is 6.54 Å². The van der Waals surface area contributed by atoms with E-state index in [0.717, 1.165) is 16.8 Å². The summed E-state index contributed by atoms with van der Waals surface area (Å²) in [6.45, 7) is 0.372. The van der Waals surface area contributed by atoms with E-state index in [1.807, 2.05) is 30.3 Å². The third kappa shape index (κ3) is 4.08. The molecule has 6 nitrogen and oxygen atoms in total. The topological polar surface area (TPSA) is 86.7 Å². The molecule has 0 unspecified atom stereocenters. The Bertz CT molecular complexity index is 847. The first-order chi connectivity index (χ1) is 12.5. The number of hydrogen-bond acceptors (Lipinski definition) is 3. The van der Waals surface area contributed by atoms with Gasteiger partial charge in [0.2, 0.25) is 11.8 Å². The molecule has 1 aliphatic heterocycles. The lowest BCUT2D eigenvalue weighted by Crippen LogP contribution is -2.43. The van der Waals surface area contributed by atoms with Crippen molar-refractivity contribution in [2.75, 3.05) is 18.0 Å². The summed E-state index contributed by atoms with van der Waals surface area (Å²) in [5, 5.41) is 11.8. The average Bonchev–Trinajstić information content (AvgIpc) is 2.64. The molecule has 0 radical (unpaired) electrons. The molecule has 0 atom stereocenters. The summed E-state index contributed by atoms with van der Waals surface area (Å²) >= 11 is 0. The Balaban J connectivity index is 1.56. The number of carbonyl (C=O) groups is 3. The van der Waals surface area contributed by atoms with Gasteiger partial charge in [-0.2, -0.15) is 0 Å². The highest BCUT2D eigenvalue weighted by Gasteiger charge is 2.25. The number of benzene rings is 2. The van der Waals surface area contributed by atoms with Crippen LogP contribution in [0.15, 0.2) is 48.5 Å². The van der Waals surface area contributed by atoms with E-state index >= 15 is 0 Å². The second-order valence-corrected chi connectivity index (χ2v) is 6.21. The molecule has 0 saturated carbocycles. The first-order valence-corrected chi connectivity index (χ1v) is 8.52. The van der Waals surface area contributed by atoms with Gasteiger partial charge in [-0.3, -0.25) is 9.59 Å². The Morgan fingerprint density at radius 2 is 1.88 bits per heavy atom. The largest absolute Gasteiger partial charge is 0.478 e. The van der Waals surface area contributed by atoms with Crippen molar-refractivity contribution in [1.29, 1.82) is 0 Å². The van der Waals surface area contributed by atoms with Crippen LogP contribution in [0, 0.1) is 0 Å². The third-order valence-corrected chi connectivity index (χ3v) is 4.40. The molecule has 2 amide bonds. The molecule has 0 aromatic heterocycles. The van der Waals surface area contributed by atoms with Gasteiger partial charge in [-0.25, -0.2) is 4.79 Å². The van der Waals surface area contributed by atoms with Crippen LogP contribution in [0.4, 0.5) is 5.69 Å². The molecule has 1 heterocycles. The van der Waals surface area contributed by atoms with Gasteiger partial charge in [0.15, 0.2) is 0 Å². The predicted octanol–water partition coefficient (Wildman–Crippen LogP) is 2.02. The van der Waals surface area contributed by atoms with Gasteiger partial charge in [0.25, 0.3) is 0 Å². The monoisotopic (exact) mass is 352 g/mol. The van der Waals surface area contributed by atoms with Crippen LogP contribution in [0.2, 0.25) is 0 Å². The molecule has 0 aliphatic carbocycles. The number of aryl methyl sites for hydroxylation is 1. The zero-order valence-electron chi connectivity index (χ0n) is 14.3. The zero-order chi connectivity index (χ0) is 18.5. The second-order valence-electron chi connectivity index (χ2n) is 6.21. The van der Waals surface area contributed by atoms with E-state index < -0.39 is 5.97 Å². The number of para-hydroxylation sites is 1. The zero-order valence-corrected chi connectivity index (χ0v) is 14.3. The lowest BCUT2D eigenvalue weighted by molar-refractivity contribution is -0.124. The Hall–Kier alpha value is -3.15. The van der Waals surface area contributed by atoms with E-state index in [4.69, 9.17) is 5.11 Å². The smallest absolute Gasteiger partial charge is 0.335 e. The van der Waals surface area contributed by atoms with Crippen LogP contribution >= 0.6 is 0 Å². The maximum Gasteiger partial charge on any atom is 0.335 e. The van der Waals surface area contributed by atoms with Crippen LogP contribution in [-0.4, -0.2) is 36.0 Å². The van der Waals surface area contributed by atoms with Crippen LogP contribution in [0.1, 0.15) is 27.9 Å². The van der Waals surface area contributed by atoms with Gasteiger partial charge in [-0.05, 0) is 42.2 Å². The minimum atomic E-state index is -0.974. The van der Waals surface area contributed by atoms with E-state index in [2.05, 4.69) is 5.32 Å². The maximum absolute atomic E-state index is 12.2. The van der Waals surface area contributed by atoms with E-state index in [9.17, 15) is 14.4 Å². The molecule has 0 fully saturated rings. The van der Waals surface area contributed by atoms with Crippen LogP contribution in [0.5, 0.6) is 0 Å². The van der Waals surface area contributed by atoms with Gasteiger partial charge in [-0.15, -0.1) is 0 Å². The highest BCUT2D eigenvalue weighted by atomic mass is 16.4. The highest BCUT2D eigenvalue weighted by molar-refractivity contribution is 6.01. The van der Waals surface area contributed by atoms with E-state index in [1.54, 1.807) is 12.1 Å². The fraction of sp³-hybridized carbons (Fsp3) is 0.250. The summed E-state index contributed by atoms with van der Waals surface area (Å²) < 4.78 is 0. The molecule has 0 saturated heterocycles. The molecule has 3 rings (SSSR count). The minimum Gasteiger partial charge on any atom is -0.478 e. The standard InChI is InChI=1S/C20H20N2O4/c23-18(21-11-10-14-4-3-6-16(12-14)20(25)26)13-22-17-7-2-1-5-15(17)8-9-19(22)24/h1-7,12H,8-11,13H2,(H,21,23)(H,25,26). The van der Waals surface area contributed by atoms with Crippen LogP contribution in [0.25, 0.3) is 0 Å². The van der Waals surface area contributed by atoms with Crippen molar-refractivity contribution < 1.29 is 19.5 Å². The maximum atomic E-state index is 12.2. The summed E-state index contributed by atoms with van der Waals surface area (Å²) in [7, 11) is 0. The average molecular weight is 352 g/mol. The summed E-state index contributed by atoms with van der Waals surface area (Å²) in [4.78, 5) is 36.9. The fourth-order valence-electron chi connectivity index (χ4n) is 3.08. The highest BCUT2D eigenvalue weighted by Crippen LogP contribution is 2.27. The van der Waals surface area contributed by atoms with Gasteiger partial charge in [-0.1, -0.05) is 30.3 Å². The number of fused-ring (bicyclic) bond motifs is 1. The lowest BCUT2D eigenvalue weighted by atomic mass is 10.0. The molecule has 26 heavy (non-hydrogen) atoms. The Morgan fingerprint density at radius 3 is 2.69 bits per heavy atom. The number of carboxylic acid groups (broad SMARTS) is 1. The second kappa shape index (κ2) is 7.82. The van der Waals surface area contributed by atoms with Crippen molar-refractivity contribution in [3.05, 3.63) is 65.2 Å². The molecule has 134 valence electrons. The predicted molar refractivity (Wildman–Crippen MR) is 97.2 cm³/mol.